The Labute approximate surface area is 193 Å². The highest BCUT2D eigenvalue weighted by molar-refractivity contribution is 14.1. The maximum Gasteiger partial charge on any atom is 0.341 e. The second-order valence-electron chi connectivity index (χ2n) is 5.66. The molecule has 0 aliphatic carbocycles. The Kier molecular flexibility index (Phi) is 7.85. The molecule has 2 rings (SSSR count). The fourth-order valence-corrected chi connectivity index (χ4v) is 5.18. The minimum absolute atomic E-state index is 0.115. The highest BCUT2D eigenvalue weighted by Gasteiger charge is 2.23. The topological polar surface area (TPSA) is 99.4 Å². The predicted octanol–water partition coefficient (Wildman–Crippen LogP) is 5.00. The average molecular weight is 622 g/mol. The second-order valence-corrected chi connectivity index (χ2v) is 9.21. The van der Waals surface area contributed by atoms with Gasteiger partial charge in [0.05, 0.1) is 19.3 Å². The molecule has 0 atom stereocenters. The molecule has 2 aromatic rings. The number of hydrogen-bond donors (Lipinski definition) is 2. The lowest BCUT2D eigenvalue weighted by Crippen LogP contribution is -2.16. The van der Waals surface area contributed by atoms with Gasteiger partial charge in [-0.3, -0.25) is 4.79 Å². The third-order valence-corrected chi connectivity index (χ3v) is 6.57. The molecule has 28 heavy (non-hydrogen) atoms. The van der Waals surface area contributed by atoms with Gasteiger partial charge in [-0.1, -0.05) is 0 Å². The van der Waals surface area contributed by atoms with Crippen LogP contribution in [0.1, 0.15) is 33.3 Å². The van der Waals surface area contributed by atoms with Crippen LogP contribution in [0, 0.1) is 32.3 Å². The lowest BCUT2D eigenvalue weighted by atomic mass is 10.1. The standard InChI is InChI=1S/C19H16I2N2O4S/c1-4-27-19(26)15-9(2)10(3)28-18(15)23-17(25)12(8-22)5-11-6-13(20)16(24)14(21)7-11/h5-7,24H,4H2,1-3H3,(H,23,25)/b12-5+. The van der Waals surface area contributed by atoms with E-state index >= 15 is 0 Å². The van der Waals surface area contributed by atoms with Crippen LogP contribution in [0.25, 0.3) is 6.08 Å². The van der Waals surface area contributed by atoms with E-state index in [0.29, 0.717) is 23.3 Å². The molecule has 2 N–H and O–H groups in total. The number of nitrogens with zero attached hydrogens (tertiary/aromatic N) is 1. The zero-order valence-electron chi connectivity index (χ0n) is 15.2. The number of thiophene rings is 1. The highest BCUT2D eigenvalue weighted by Crippen LogP contribution is 2.33. The van der Waals surface area contributed by atoms with E-state index in [2.05, 4.69) is 5.32 Å². The number of carbonyl (C=O) groups excluding carboxylic acids is 2. The van der Waals surface area contributed by atoms with Gasteiger partial charge in [0.1, 0.15) is 22.4 Å². The van der Waals surface area contributed by atoms with Crippen LogP contribution in [0.5, 0.6) is 5.75 Å². The van der Waals surface area contributed by atoms with Gasteiger partial charge in [0.15, 0.2) is 0 Å². The van der Waals surface area contributed by atoms with Crippen LogP contribution in [-0.4, -0.2) is 23.6 Å². The Hall–Kier alpha value is -1.65. The number of rotatable bonds is 5. The van der Waals surface area contributed by atoms with E-state index in [1.807, 2.05) is 58.2 Å². The van der Waals surface area contributed by atoms with Crippen molar-refractivity contribution in [2.45, 2.75) is 20.8 Å². The Balaban J connectivity index is 2.37. The smallest absolute Gasteiger partial charge is 0.341 e. The number of esters is 1. The van der Waals surface area contributed by atoms with Crippen molar-refractivity contribution >= 4 is 79.5 Å². The van der Waals surface area contributed by atoms with Gasteiger partial charge >= 0.3 is 5.97 Å². The molecule has 0 aliphatic heterocycles. The van der Waals surface area contributed by atoms with Gasteiger partial charge in [-0.25, -0.2) is 4.79 Å². The first-order chi connectivity index (χ1) is 13.2. The van der Waals surface area contributed by atoms with Gasteiger partial charge in [0.2, 0.25) is 0 Å². The van der Waals surface area contributed by atoms with Crippen LogP contribution >= 0.6 is 56.5 Å². The molecule has 6 nitrogen and oxygen atoms in total. The number of halogens is 2. The number of anilines is 1. The quantitative estimate of drug-likeness (QED) is 0.212. The monoisotopic (exact) mass is 622 g/mol. The average Bonchev–Trinajstić information content (AvgIpc) is 2.91. The van der Waals surface area contributed by atoms with Crippen LogP contribution in [0.2, 0.25) is 0 Å². The first-order valence-electron chi connectivity index (χ1n) is 8.07. The third-order valence-electron chi connectivity index (χ3n) is 3.81. The predicted molar refractivity (Wildman–Crippen MR) is 126 cm³/mol. The SMILES string of the molecule is CCOC(=O)c1c(NC(=O)/C(C#N)=C/c2cc(I)c(O)c(I)c2)sc(C)c1C. The fourth-order valence-electron chi connectivity index (χ4n) is 2.32. The Morgan fingerprint density at radius 1 is 1.32 bits per heavy atom. The van der Waals surface area contributed by atoms with Crippen molar-refractivity contribution in [3.63, 3.8) is 0 Å². The molecule has 146 valence electrons. The molecule has 0 saturated heterocycles. The molecule has 0 saturated carbocycles. The second kappa shape index (κ2) is 9.71. The Morgan fingerprint density at radius 3 is 2.46 bits per heavy atom. The van der Waals surface area contributed by atoms with E-state index in [4.69, 9.17) is 4.74 Å². The van der Waals surface area contributed by atoms with Crippen LogP contribution in [-0.2, 0) is 9.53 Å². The zero-order chi connectivity index (χ0) is 21.0. The molecular formula is C19H16I2N2O4S. The number of ether oxygens (including phenoxy) is 1. The minimum Gasteiger partial charge on any atom is -0.506 e. The van der Waals surface area contributed by atoms with E-state index < -0.39 is 11.9 Å². The summed E-state index contributed by atoms with van der Waals surface area (Å²) in [6, 6.07) is 5.24. The Morgan fingerprint density at radius 2 is 1.93 bits per heavy atom. The minimum atomic E-state index is -0.618. The van der Waals surface area contributed by atoms with E-state index in [9.17, 15) is 20.0 Å². The van der Waals surface area contributed by atoms with Crippen molar-refractivity contribution in [2.24, 2.45) is 0 Å². The van der Waals surface area contributed by atoms with E-state index in [1.165, 1.54) is 17.4 Å². The lowest BCUT2D eigenvalue weighted by molar-refractivity contribution is -0.112. The molecule has 0 aliphatic rings. The van der Waals surface area contributed by atoms with Gasteiger partial charge in [-0.15, -0.1) is 11.3 Å². The first-order valence-corrected chi connectivity index (χ1v) is 11.0. The van der Waals surface area contributed by atoms with Crippen molar-refractivity contribution in [2.75, 3.05) is 11.9 Å². The van der Waals surface area contributed by atoms with Gasteiger partial charge in [0.25, 0.3) is 5.91 Å². The van der Waals surface area contributed by atoms with E-state index in [0.717, 1.165) is 10.4 Å². The molecule has 0 fully saturated rings. The molecular weight excluding hydrogens is 606 g/mol. The highest BCUT2D eigenvalue weighted by atomic mass is 127. The summed E-state index contributed by atoms with van der Waals surface area (Å²) < 4.78 is 6.30. The molecule has 0 spiro atoms. The van der Waals surface area contributed by atoms with Gasteiger partial charge in [0, 0.05) is 4.88 Å². The molecule has 9 heteroatoms. The summed E-state index contributed by atoms with van der Waals surface area (Å²) >= 11 is 5.22. The van der Waals surface area contributed by atoms with Crippen molar-refractivity contribution in [1.29, 1.82) is 5.26 Å². The van der Waals surface area contributed by atoms with Crippen LogP contribution < -0.4 is 5.32 Å². The largest absolute Gasteiger partial charge is 0.506 e. The number of nitrogens with one attached hydrogen (secondary N) is 1. The molecule has 0 radical (unpaired) electrons. The number of aromatic hydroxyl groups is 1. The number of aryl methyl sites for hydroxylation is 1. The van der Waals surface area contributed by atoms with Gasteiger partial charge in [-0.2, -0.15) is 5.26 Å². The summed E-state index contributed by atoms with van der Waals surface area (Å²) in [6.45, 7) is 5.57. The summed E-state index contributed by atoms with van der Waals surface area (Å²) in [6.07, 6.45) is 1.44. The molecule has 1 heterocycles. The number of carbonyl (C=O) groups is 2. The summed E-state index contributed by atoms with van der Waals surface area (Å²) in [5, 5.41) is 22.3. The maximum atomic E-state index is 12.6. The van der Waals surface area contributed by atoms with Crippen molar-refractivity contribution in [3.05, 3.63) is 46.4 Å². The summed E-state index contributed by atoms with van der Waals surface area (Å²) in [7, 11) is 0. The number of benzene rings is 1. The first kappa shape index (κ1) is 22.6. The van der Waals surface area contributed by atoms with Crippen LogP contribution in [0.15, 0.2) is 17.7 Å². The third kappa shape index (κ3) is 5.03. The van der Waals surface area contributed by atoms with Crippen LogP contribution in [0.3, 0.4) is 0 Å². The van der Waals surface area contributed by atoms with E-state index in [-0.39, 0.29) is 17.9 Å². The zero-order valence-corrected chi connectivity index (χ0v) is 20.4. The summed E-state index contributed by atoms with van der Waals surface area (Å²) in [4.78, 5) is 25.8. The van der Waals surface area contributed by atoms with Crippen molar-refractivity contribution in [1.82, 2.24) is 0 Å². The number of hydrogen-bond acceptors (Lipinski definition) is 6. The molecule has 0 bridgehead atoms. The number of amides is 1. The number of phenols is 1. The molecule has 1 aromatic carbocycles. The molecule has 1 aromatic heterocycles. The van der Waals surface area contributed by atoms with Gasteiger partial charge in [-0.05, 0) is 95.3 Å². The Bertz CT molecular complexity index is 999. The number of nitriles is 1. The summed E-state index contributed by atoms with van der Waals surface area (Å²) in [5.41, 5.74) is 1.55. The maximum absolute atomic E-state index is 12.6. The summed E-state index contributed by atoms with van der Waals surface area (Å²) in [5.74, 6) is -0.970. The van der Waals surface area contributed by atoms with Crippen molar-refractivity contribution in [3.8, 4) is 11.8 Å². The fraction of sp³-hybridized carbons (Fsp3) is 0.211. The lowest BCUT2D eigenvalue weighted by Gasteiger charge is -2.07. The molecule has 1 amide bonds. The van der Waals surface area contributed by atoms with Gasteiger partial charge < -0.3 is 15.2 Å². The van der Waals surface area contributed by atoms with Crippen LogP contribution in [0.4, 0.5) is 5.00 Å². The van der Waals surface area contributed by atoms with Crippen molar-refractivity contribution < 1.29 is 19.4 Å². The van der Waals surface area contributed by atoms with E-state index in [1.54, 1.807) is 26.0 Å². The normalized spacial score (nSPS) is 11.1. The number of phenolic OH excluding ortho intramolecular Hbond substituents is 1. The molecule has 0 unspecified atom stereocenters.